The Hall–Kier alpha value is -7.14. The largest absolute Gasteiger partial charge is 0.494 e. The van der Waals surface area contributed by atoms with Crippen LogP contribution in [0.3, 0.4) is 0 Å². The number of ether oxygens (including phenoxy) is 3. The number of hydrogen-bond acceptors (Lipinski definition) is 14. The lowest BCUT2D eigenvalue weighted by Gasteiger charge is -2.32. The van der Waals surface area contributed by atoms with Gasteiger partial charge in [0.15, 0.2) is 5.82 Å². The number of carbonyl (C=O) groups excluding carboxylic acids is 5. The maximum Gasteiger partial charge on any atom is 0.255 e. The predicted molar refractivity (Wildman–Crippen MR) is 251 cm³/mol. The molecule has 0 spiro atoms. The highest BCUT2D eigenvalue weighted by Crippen LogP contribution is 2.40. The molecule has 5 amide bonds. The SMILES string of the molecule is CCCCOc1ccc(-c2ncc(C(=O)NC(CCN)C(=O)N(C)C3C(=O)NC(C)C(=O)NC(C(=O)NCC#N)Cc4ccc(OCCN)c(c4)-c4cc3ccc4OCCN)c(C)n2)c(C)c1. The fourth-order valence-corrected chi connectivity index (χ4v) is 7.50. The summed E-state index contributed by atoms with van der Waals surface area (Å²) in [6.07, 6.45) is 3.35. The monoisotopic (exact) mass is 919 g/mol. The van der Waals surface area contributed by atoms with Crippen LogP contribution in [0.4, 0.5) is 0 Å². The standard InChI is InChI=1S/C48H61N11O8/c1-6-7-20-65-33-10-11-34(28(2)23-33)43-54-27-37(29(3)55-43)45(61)57-38(14-15-49)48(64)59(5)42-32-9-13-41(67-22-18-52)36(26-32)35-24-31(8-12-40(35)66-21-17-51)25-39(46(62)53-19-16-50)58-44(60)30(4)56-47(42)63/h8-13,23-24,26-27,30,38-39,42H,6-7,14-15,17-22,25,49,51-52H2,1-5H3,(H,53,62)(H,56,63)(H,57,61)(H,58,60). The van der Waals surface area contributed by atoms with Crippen molar-refractivity contribution < 1.29 is 38.2 Å². The van der Waals surface area contributed by atoms with E-state index in [1.165, 1.54) is 25.1 Å². The van der Waals surface area contributed by atoms with Crippen molar-refractivity contribution in [2.24, 2.45) is 17.2 Å². The molecule has 0 saturated heterocycles. The Bertz CT molecular complexity index is 2460. The van der Waals surface area contributed by atoms with Crippen molar-refractivity contribution in [3.63, 3.8) is 0 Å². The second kappa shape index (κ2) is 24.4. The maximum atomic E-state index is 14.7. The predicted octanol–water partition coefficient (Wildman–Crippen LogP) is 2.11. The van der Waals surface area contributed by atoms with Crippen molar-refractivity contribution in [2.45, 2.75) is 77.5 Å². The fourth-order valence-electron chi connectivity index (χ4n) is 7.50. The fraction of sp³-hybridized carbons (Fsp3) is 0.417. The van der Waals surface area contributed by atoms with E-state index >= 15 is 0 Å². The average Bonchev–Trinajstić information content (AvgIpc) is 3.31. The van der Waals surface area contributed by atoms with E-state index in [-0.39, 0.29) is 57.8 Å². The van der Waals surface area contributed by atoms with Crippen LogP contribution in [0.25, 0.3) is 22.5 Å². The molecule has 67 heavy (non-hydrogen) atoms. The van der Waals surface area contributed by atoms with Crippen molar-refractivity contribution in [3.8, 4) is 45.8 Å². The number of benzene rings is 3. The summed E-state index contributed by atoms with van der Waals surface area (Å²) in [5.41, 5.74) is 21.7. The number of amides is 5. The van der Waals surface area contributed by atoms with Gasteiger partial charge in [-0.3, -0.25) is 24.0 Å². The summed E-state index contributed by atoms with van der Waals surface area (Å²) in [5.74, 6) is -1.48. The Kier molecular flexibility index (Phi) is 18.5. The van der Waals surface area contributed by atoms with Gasteiger partial charge in [-0.15, -0.1) is 0 Å². The summed E-state index contributed by atoms with van der Waals surface area (Å²) < 4.78 is 18.0. The number of rotatable bonds is 19. The van der Waals surface area contributed by atoms with E-state index in [0.29, 0.717) is 51.9 Å². The van der Waals surface area contributed by atoms with Gasteiger partial charge in [-0.25, -0.2) is 9.97 Å². The number of fused-ring (bicyclic) bond motifs is 5. The third-order valence-electron chi connectivity index (χ3n) is 11.0. The van der Waals surface area contributed by atoms with Gasteiger partial charge in [0.05, 0.1) is 23.9 Å². The number of likely N-dealkylation sites (N-methyl/N-ethyl adjacent to an activating group) is 1. The van der Waals surface area contributed by atoms with E-state index in [0.717, 1.165) is 29.7 Å². The van der Waals surface area contributed by atoms with Crippen molar-refractivity contribution in [2.75, 3.05) is 53.0 Å². The van der Waals surface area contributed by atoms with Gasteiger partial charge < -0.3 is 57.6 Å². The Balaban J connectivity index is 1.53. The minimum absolute atomic E-state index is 0.00102. The van der Waals surface area contributed by atoms with Gasteiger partial charge in [0, 0.05) is 49.4 Å². The minimum Gasteiger partial charge on any atom is -0.494 e. The molecule has 19 heteroatoms. The van der Waals surface area contributed by atoms with Gasteiger partial charge >= 0.3 is 0 Å². The molecule has 2 heterocycles. The molecule has 4 bridgehead atoms. The number of unbranched alkanes of at least 4 members (excludes halogenated alkanes) is 1. The number of nitrogens with two attached hydrogens (primary N) is 3. The number of nitriles is 1. The minimum atomic E-state index is -1.41. The van der Waals surface area contributed by atoms with Gasteiger partial charge in [-0.05, 0) is 99.3 Å². The topological polar surface area (TPSA) is 292 Å². The van der Waals surface area contributed by atoms with E-state index in [4.69, 9.17) is 36.7 Å². The third-order valence-corrected chi connectivity index (χ3v) is 11.0. The quantitative estimate of drug-likeness (QED) is 0.0524. The van der Waals surface area contributed by atoms with Crippen LogP contribution >= 0.6 is 0 Å². The Morgan fingerprint density at radius 2 is 1.60 bits per heavy atom. The van der Waals surface area contributed by atoms with Crippen LogP contribution in [0.1, 0.15) is 71.9 Å². The highest BCUT2D eigenvalue weighted by atomic mass is 16.5. The molecule has 0 radical (unpaired) electrons. The molecule has 4 unspecified atom stereocenters. The first kappa shape index (κ1) is 50.9. The molecule has 0 fully saturated rings. The van der Waals surface area contributed by atoms with E-state index < -0.39 is 53.7 Å². The normalized spacial score (nSPS) is 16.3. The molecular weight excluding hydrogens is 859 g/mol. The summed E-state index contributed by atoms with van der Waals surface area (Å²) in [5, 5.41) is 19.9. The molecular formula is C48H61N11O8. The van der Waals surface area contributed by atoms with Gasteiger partial charge in [-0.2, -0.15) is 5.26 Å². The maximum absolute atomic E-state index is 14.7. The number of nitrogens with one attached hydrogen (secondary N) is 4. The first-order valence-electron chi connectivity index (χ1n) is 22.3. The van der Waals surface area contributed by atoms with Crippen LogP contribution in [0.15, 0.2) is 60.8 Å². The lowest BCUT2D eigenvalue weighted by atomic mass is 9.93. The van der Waals surface area contributed by atoms with Crippen molar-refractivity contribution in [3.05, 3.63) is 88.7 Å². The molecule has 1 aromatic heterocycles. The zero-order valence-corrected chi connectivity index (χ0v) is 38.6. The summed E-state index contributed by atoms with van der Waals surface area (Å²) in [4.78, 5) is 80.6. The Morgan fingerprint density at radius 3 is 2.24 bits per heavy atom. The zero-order valence-electron chi connectivity index (χ0n) is 38.6. The molecule has 4 aromatic rings. The molecule has 0 aliphatic carbocycles. The van der Waals surface area contributed by atoms with Crippen molar-refractivity contribution >= 4 is 29.5 Å². The van der Waals surface area contributed by atoms with Gasteiger partial charge in [0.2, 0.25) is 23.6 Å². The van der Waals surface area contributed by atoms with Crippen molar-refractivity contribution in [1.29, 1.82) is 5.26 Å². The zero-order chi connectivity index (χ0) is 48.6. The van der Waals surface area contributed by atoms with E-state index in [1.54, 1.807) is 43.3 Å². The summed E-state index contributed by atoms with van der Waals surface area (Å²) >= 11 is 0. The van der Waals surface area contributed by atoms with Gasteiger partial charge in [0.1, 0.15) is 61.2 Å². The molecule has 5 rings (SSSR count). The van der Waals surface area contributed by atoms with Gasteiger partial charge in [-0.1, -0.05) is 25.5 Å². The lowest BCUT2D eigenvalue weighted by molar-refractivity contribution is -0.141. The Labute approximate surface area is 390 Å². The number of aryl methyl sites for hydroxylation is 2. The molecule has 0 saturated carbocycles. The molecule has 1 aliphatic heterocycles. The highest BCUT2D eigenvalue weighted by Gasteiger charge is 2.36. The third kappa shape index (κ3) is 13.0. The number of aromatic nitrogens is 2. The van der Waals surface area contributed by atoms with Crippen LogP contribution < -0.4 is 52.7 Å². The van der Waals surface area contributed by atoms with Crippen LogP contribution in [0.5, 0.6) is 17.2 Å². The van der Waals surface area contributed by atoms with E-state index in [2.05, 4.69) is 38.2 Å². The Morgan fingerprint density at radius 1 is 0.896 bits per heavy atom. The van der Waals surface area contributed by atoms with Crippen LogP contribution in [-0.2, 0) is 25.6 Å². The van der Waals surface area contributed by atoms with Crippen LogP contribution in [-0.4, -0.2) is 116 Å². The molecule has 19 nitrogen and oxygen atoms in total. The number of carbonyl (C=O) groups is 5. The second-order valence-electron chi connectivity index (χ2n) is 16.1. The first-order valence-corrected chi connectivity index (χ1v) is 22.3. The van der Waals surface area contributed by atoms with Crippen molar-refractivity contribution in [1.82, 2.24) is 36.1 Å². The molecule has 3 aromatic carbocycles. The van der Waals surface area contributed by atoms with E-state index in [9.17, 15) is 24.0 Å². The van der Waals surface area contributed by atoms with E-state index in [1.807, 2.05) is 31.2 Å². The number of hydrogen-bond donors (Lipinski definition) is 7. The summed E-state index contributed by atoms with van der Waals surface area (Å²) in [6.45, 7) is 8.08. The molecule has 356 valence electrons. The molecule has 4 atom stereocenters. The number of nitrogens with zero attached hydrogens (tertiary/aromatic N) is 4. The van der Waals surface area contributed by atoms with Crippen LogP contribution in [0, 0.1) is 25.2 Å². The highest BCUT2D eigenvalue weighted by molar-refractivity contribution is 6.00. The summed E-state index contributed by atoms with van der Waals surface area (Å²) in [6, 6.07) is 12.6. The lowest BCUT2D eigenvalue weighted by Crippen LogP contribution is -2.56. The smallest absolute Gasteiger partial charge is 0.255 e. The molecule has 1 aliphatic rings. The average molecular weight is 920 g/mol. The van der Waals surface area contributed by atoms with Crippen LogP contribution in [0.2, 0.25) is 0 Å². The molecule has 10 N–H and O–H groups in total. The first-order chi connectivity index (χ1) is 32.2. The van der Waals surface area contributed by atoms with Gasteiger partial charge in [0.25, 0.3) is 5.91 Å². The second-order valence-corrected chi connectivity index (χ2v) is 16.1. The summed E-state index contributed by atoms with van der Waals surface area (Å²) in [7, 11) is 1.41.